The molecule has 2 aromatic heterocycles. The van der Waals surface area contributed by atoms with E-state index in [1.165, 1.54) is 0 Å². The molecule has 0 spiro atoms. The van der Waals surface area contributed by atoms with E-state index in [9.17, 15) is 0 Å². The summed E-state index contributed by atoms with van der Waals surface area (Å²) < 4.78 is 16.4. The van der Waals surface area contributed by atoms with Gasteiger partial charge in [-0.15, -0.1) is 0 Å². The Balaban J connectivity index is 1.51. The molecule has 3 rings (SSSR count). The Bertz CT molecular complexity index is 632. The molecule has 1 fully saturated rings. The van der Waals surface area contributed by atoms with Crippen molar-refractivity contribution in [3.63, 3.8) is 0 Å². The molecule has 0 saturated carbocycles. The van der Waals surface area contributed by atoms with E-state index in [1.54, 1.807) is 37.8 Å². The van der Waals surface area contributed by atoms with E-state index in [2.05, 4.69) is 25.2 Å². The Labute approximate surface area is 140 Å². The van der Waals surface area contributed by atoms with Crippen LogP contribution in [0.5, 0.6) is 17.5 Å². The molecule has 2 aromatic rings. The molecule has 0 aromatic carbocycles. The molecular formula is C16H21N5O3. The van der Waals surface area contributed by atoms with Gasteiger partial charge in [0, 0.05) is 44.6 Å². The van der Waals surface area contributed by atoms with Gasteiger partial charge in [-0.1, -0.05) is 0 Å². The predicted octanol–water partition coefficient (Wildman–Crippen LogP) is 0.748. The molecule has 1 aliphatic rings. The number of piperazine rings is 1. The lowest BCUT2D eigenvalue weighted by Gasteiger charge is -2.28. The van der Waals surface area contributed by atoms with Gasteiger partial charge in [0.25, 0.3) is 5.88 Å². The molecule has 3 heterocycles. The quantitative estimate of drug-likeness (QED) is 0.744. The van der Waals surface area contributed by atoms with Crippen LogP contribution in [-0.2, 0) is 0 Å². The SMILES string of the molecule is COc1ccc(OCCOc2nccnc2N2CCNCC2)cn1. The van der Waals surface area contributed by atoms with Crippen LogP contribution in [0.25, 0.3) is 0 Å². The van der Waals surface area contributed by atoms with Gasteiger partial charge in [0.15, 0.2) is 5.82 Å². The number of hydrogen-bond donors (Lipinski definition) is 1. The number of hydrogen-bond acceptors (Lipinski definition) is 8. The molecule has 128 valence electrons. The number of methoxy groups -OCH3 is 1. The van der Waals surface area contributed by atoms with Crippen LogP contribution in [0.1, 0.15) is 0 Å². The maximum absolute atomic E-state index is 5.75. The zero-order valence-electron chi connectivity index (χ0n) is 13.6. The lowest BCUT2D eigenvalue weighted by atomic mass is 10.3. The summed E-state index contributed by atoms with van der Waals surface area (Å²) in [6, 6.07) is 3.56. The fourth-order valence-electron chi connectivity index (χ4n) is 2.38. The molecule has 1 aliphatic heterocycles. The predicted molar refractivity (Wildman–Crippen MR) is 88.9 cm³/mol. The molecule has 24 heavy (non-hydrogen) atoms. The van der Waals surface area contributed by atoms with Crippen molar-refractivity contribution in [2.45, 2.75) is 0 Å². The van der Waals surface area contributed by atoms with Gasteiger partial charge in [0.1, 0.15) is 19.0 Å². The Morgan fingerprint density at radius 3 is 2.58 bits per heavy atom. The van der Waals surface area contributed by atoms with E-state index >= 15 is 0 Å². The van der Waals surface area contributed by atoms with Crippen molar-refractivity contribution in [2.24, 2.45) is 0 Å². The van der Waals surface area contributed by atoms with Gasteiger partial charge in [-0.2, -0.15) is 0 Å². The Kier molecular flexibility index (Phi) is 5.62. The van der Waals surface area contributed by atoms with Crippen molar-refractivity contribution < 1.29 is 14.2 Å². The Morgan fingerprint density at radius 1 is 1.04 bits per heavy atom. The van der Waals surface area contributed by atoms with Crippen molar-refractivity contribution in [2.75, 3.05) is 51.4 Å². The maximum Gasteiger partial charge on any atom is 0.257 e. The summed E-state index contributed by atoms with van der Waals surface area (Å²) in [7, 11) is 1.58. The van der Waals surface area contributed by atoms with E-state index in [4.69, 9.17) is 14.2 Å². The van der Waals surface area contributed by atoms with Gasteiger partial charge in [-0.05, 0) is 6.07 Å². The molecule has 0 atom stereocenters. The molecule has 1 N–H and O–H groups in total. The third kappa shape index (κ3) is 4.23. The highest BCUT2D eigenvalue weighted by Gasteiger charge is 2.17. The van der Waals surface area contributed by atoms with Crippen LogP contribution < -0.4 is 24.4 Å². The van der Waals surface area contributed by atoms with Gasteiger partial charge < -0.3 is 24.4 Å². The Hall–Kier alpha value is -2.61. The van der Waals surface area contributed by atoms with Crippen molar-refractivity contribution >= 4 is 5.82 Å². The highest BCUT2D eigenvalue weighted by atomic mass is 16.5. The first-order chi connectivity index (χ1) is 11.9. The van der Waals surface area contributed by atoms with Crippen molar-refractivity contribution in [3.05, 3.63) is 30.7 Å². The second-order valence-corrected chi connectivity index (χ2v) is 5.16. The normalized spacial score (nSPS) is 14.3. The second kappa shape index (κ2) is 8.30. The van der Waals surface area contributed by atoms with Crippen LogP contribution in [0.4, 0.5) is 5.82 Å². The second-order valence-electron chi connectivity index (χ2n) is 5.16. The first-order valence-corrected chi connectivity index (χ1v) is 7.89. The highest BCUT2D eigenvalue weighted by molar-refractivity contribution is 5.48. The molecule has 0 aliphatic carbocycles. The first kappa shape index (κ1) is 16.3. The van der Waals surface area contributed by atoms with Gasteiger partial charge in [-0.3, -0.25) is 0 Å². The molecule has 0 radical (unpaired) electrons. The third-order valence-corrected chi connectivity index (χ3v) is 3.57. The summed E-state index contributed by atoms with van der Waals surface area (Å²) in [6.07, 6.45) is 4.94. The number of aromatic nitrogens is 3. The largest absolute Gasteiger partial charge is 0.488 e. The summed E-state index contributed by atoms with van der Waals surface area (Å²) in [6.45, 7) is 4.43. The lowest BCUT2D eigenvalue weighted by molar-refractivity contribution is 0.211. The number of nitrogens with zero attached hydrogens (tertiary/aromatic N) is 4. The standard InChI is InChI=1S/C16H21N5O3/c1-22-14-3-2-13(12-20-14)23-10-11-24-16-15(18-4-5-19-16)21-8-6-17-7-9-21/h2-5,12,17H,6-11H2,1H3. The molecule has 8 heteroatoms. The van der Waals surface area contributed by atoms with E-state index < -0.39 is 0 Å². The number of pyridine rings is 1. The summed E-state index contributed by atoms with van der Waals surface area (Å²) >= 11 is 0. The van der Waals surface area contributed by atoms with Crippen LogP contribution in [0, 0.1) is 0 Å². The molecule has 8 nitrogen and oxygen atoms in total. The lowest BCUT2D eigenvalue weighted by Crippen LogP contribution is -2.44. The molecule has 0 bridgehead atoms. The molecule has 0 amide bonds. The van der Waals surface area contributed by atoms with Crippen LogP contribution in [0.15, 0.2) is 30.7 Å². The van der Waals surface area contributed by atoms with Crippen molar-refractivity contribution in [1.82, 2.24) is 20.3 Å². The molecule has 1 saturated heterocycles. The van der Waals surface area contributed by atoms with Crippen LogP contribution in [0.2, 0.25) is 0 Å². The zero-order chi connectivity index (χ0) is 16.6. The number of rotatable bonds is 7. The Morgan fingerprint density at radius 2 is 1.83 bits per heavy atom. The summed E-state index contributed by atoms with van der Waals surface area (Å²) in [5.41, 5.74) is 0. The van der Waals surface area contributed by atoms with Gasteiger partial charge in [0.2, 0.25) is 5.88 Å². The topological polar surface area (TPSA) is 81.6 Å². The smallest absolute Gasteiger partial charge is 0.257 e. The minimum atomic E-state index is 0.379. The van der Waals surface area contributed by atoms with E-state index in [0.717, 1.165) is 32.0 Å². The average Bonchev–Trinajstić information content (AvgIpc) is 2.67. The van der Waals surface area contributed by atoms with Gasteiger partial charge in [0.05, 0.1) is 13.3 Å². The van der Waals surface area contributed by atoms with E-state index in [0.29, 0.717) is 30.7 Å². The zero-order valence-corrected chi connectivity index (χ0v) is 13.6. The fraction of sp³-hybridized carbons (Fsp3) is 0.438. The highest BCUT2D eigenvalue weighted by Crippen LogP contribution is 2.22. The third-order valence-electron chi connectivity index (χ3n) is 3.57. The maximum atomic E-state index is 5.75. The van der Waals surface area contributed by atoms with Gasteiger partial charge in [-0.25, -0.2) is 15.0 Å². The minimum absolute atomic E-state index is 0.379. The molecular weight excluding hydrogens is 310 g/mol. The molecule has 0 unspecified atom stereocenters. The average molecular weight is 331 g/mol. The summed E-state index contributed by atoms with van der Waals surface area (Å²) in [5, 5.41) is 3.32. The van der Waals surface area contributed by atoms with Crippen LogP contribution in [0.3, 0.4) is 0 Å². The fourth-order valence-corrected chi connectivity index (χ4v) is 2.38. The van der Waals surface area contributed by atoms with E-state index in [1.807, 2.05) is 0 Å². The number of ether oxygens (including phenoxy) is 3. The summed E-state index contributed by atoms with van der Waals surface area (Å²) in [4.78, 5) is 15.0. The number of anilines is 1. The van der Waals surface area contributed by atoms with Crippen LogP contribution >= 0.6 is 0 Å². The number of nitrogens with one attached hydrogen (secondary N) is 1. The first-order valence-electron chi connectivity index (χ1n) is 7.89. The van der Waals surface area contributed by atoms with Gasteiger partial charge >= 0.3 is 0 Å². The van der Waals surface area contributed by atoms with Crippen molar-refractivity contribution in [1.29, 1.82) is 0 Å². The van der Waals surface area contributed by atoms with Crippen LogP contribution in [-0.4, -0.2) is 61.5 Å². The summed E-state index contributed by atoms with van der Waals surface area (Å²) in [5.74, 6) is 2.54. The van der Waals surface area contributed by atoms with Crippen molar-refractivity contribution in [3.8, 4) is 17.5 Å². The minimum Gasteiger partial charge on any atom is -0.488 e. The van der Waals surface area contributed by atoms with E-state index in [-0.39, 0.29) is 0 Å². The monoisotopic (exact) mass is 331 g/mol.